The van der Waals surface area contributed by atoms with Gasteiger partial charge in [0.15, 0.2) is 0 Å². The van der Waals surface area contributed by atoms with Gasteiger partial charge < -0.3 is 5.32 Å². The summed E-state index contributed by atoms with van der Waals surface area (Å²) in [6, 6.07) is 4.99. The summed E-state index contributed by atoms with van der Waals surface area (Å²) < 4.78 is 0. The van der Waals surface area contributed by atoms with Crippen LogP contribution < -0.4 is 5.32 Å². The first-order chi connectivity index (χ1) is 7.81. The largest absolute Gasteiger partial charge is 0.310 e. The molecule has 0 saturated carbocycles. The summed E-state index contributed by atoms with van der Waals surface area (Å²) >= 11 is 1.92. The molecule has 1 unspecified atom stereocenters. The number of terminal acetylenes is 1. The average molecular weight is 235 g/mol. The van der Waals surface area contributed by atoms with Gasteiger partial charge in [-0.1, -0.05) is 13.8 Å². The molecule has 1 nitrogen and oxygen atoms in total. The van der Waals surface area contributed by atoms with Gasteiger partial charge in [0.05, 0.1) is 0 Å². The van der Waals surface area contributed by atoms with Crippen molar-refractivity contribution in [3.05, 3.63) is 21.9 Å². The first kappa shape index (κ1) is 13.3. The minimum Gasteiger partial charge on any atom is -0.310 e. The number of unbranched alkanes of at least 4 members (excludes halogenated alkanes) is 1. The Hall–Kier alpha value is -0.780. The highest BCUT2D eigenvalue weighted by atomic mass is 32.1. The quantitative estimate of drug-likeness (QED) is 0.560. The van der Waals surface area contributed by atoms with E-state index in [0.29, 0.717) is 6.04 Å². The predicted octanol–water partition coefficient (Wildman–Crippen LogP) is 3.76. The van der Waals surface area contributed by atoms with E-state index in [9.17, 15) is 0 Å². The normalized spacial score (nSPS) is 12.3. The lowest BCUT2D eigenvalue weighted by molar-refractivity contribution is 0.509. The Balaban J connectivity index is 2.58. The summed E-state index contributed by atoms with van der Waals surface area (Å²) in [5, 5.41) is 3.54. The minimum absolute atomic E-state index is 0.489. The SMILES string of the molecule is C#CCCCC(NCC)c1ccc(CC)s1. The Bertz CT molecular complexity index is 335. The first-order valence-electron chi connectivity index (χ1n) is 6.07. The zero-order chi connectivity index (χ0) is 11.8. The Labute approximate surface area is 103 Å². The second-order valence-electron chi connectivity index (χ2n) is 3.86. The van der Waals surface area contributed by atoms with Crippen molar-refractivity contribution in [2.45, 2.75) is 45.6 Å². The van der Waals surface area contributed by atoms with E-state index < -0.39 is 0 Å². The van der Waals surface area contributed by atoms with Crippen molar-refractivity contribution in [3.8, 4) is 12.3 Å². The fourth-order valence-electron chi connectivity index (χ4n) is 1.77. The Morgan fingerprint density at radius 2 is 2.25 bits per heavy atom. The van der Waals surface area contributed by atoms with E-state index in [0.717, 1.165) is 32.2 Å². The molecule has 0 fully saturated rings. The van der Waals surface area contributed by atoms with Gasteiger partial charge in [0.1, 0.15) is 0 Å². The first-order valence-corrected chi connectivity index (χ1v) is 6.88. The highest BCUT2D eigenvalue weighted by molar-refractivity contribution is 7.12. The molecule has 0 radical (unpaired) electrons. The van der Waals surface area contributed by atoms with Gasteiger partial charge in [-0.05, 0) is 37.9 Å². The lowest BCUT2D eigenvalue weighted by Crippen LogP contribution is -2.19. The molecule has 16 heavy (non-hydrogen) atoms. The molecule has 0 saturated heterocycles. The van der Waals surface area contributed by atoms with Crippen molar-refractivity contribution >= 4 is 11.3 Å². The highest BCUT2D eigenvalue weighted by Crippen LogP contribution is 2.27. The summed E-state index contributed by atoms with van der Waals surface area (Å²) in [6.45, 7) is 5.37. The van der Waals surface area contributed by atoms with Crippen LogP contribution in [0.2, 0.25) is 0 Å². The van der Waals surface area contributed by atoms with E-state index in [2.05, 4.69) is 37.2 Å². The van der Waals surface area contributed by atoms with Gasteiger partial charge in [-0.25, -0.2) is 0 Å². The zero-order valence-corrected chi connectivity index (χ0v) is 11.1. The molecule has 0 aliphatic rings. The number of rotatable bonds is 7. The maximum Gasteiger partial charge on any atom is 0.0415 e. The van der Waals surface area contributed by atoms with Crippen molar-refractivity contribution < 1.29 is 0 Å². The molecule has 1 aromatic heterocycles. The van der Waals surface area contributed by atoms with E-state index in [-0.39, 0.29) is 0 Å². The molecular formula is C14H21NS. The van der Waals surface area contributed by atoms with Crippen LogP contribution in [-0.4, -0.2) is 6.54 Å². The number of hydrogen-bond acceptors (Lipinski definition) is 2. The van der Waals surface area contributed by atoms with Gasteiger partial charge >= 0.3 is 0 Å². The Morgan fingerprint density at radius 1 is 1.44 bits per heavy atom. The smallest absolute Gasteiger partial charge is 0.0415 e. The summed E-state index contributed by atoms with van der Waals surface area (Å²) in [5.41, 5.74) is 0. The van der Waals surface area contributed by atoms with E-state index >= 15 is 0 Å². The van der Waals surface area contributed by atoms with Crippen LogP contribution in [-0.2, 0) is 6.42 Å². The van der Waals surface area contributed by atoms with Crippen molar-refractivity contribution in [1.82, 2.24) is 5.32 Å². The Morgan fingerprint density at radius 3 is 2.81 bits per heavy atom. The van der Waals surface area contributed by atoms with Crippen molar-refractivity contribution in [2.75, 3.05) is 6.54 Å². The van der Waals surface area contributed by atoms with Crippen LogP contribution in [0.3, 0.4) is 0 Å². The maximum absolute atomic E-state index is 5.29. The summed E-state index contributed by atoms with van der Waals surface area (Å²) in [5.74, 6) is 2.71. The third-order valence-corrected chi connectivity index (χ3v) is 3.98. The fourth-order valence-corrected chi connectivity index (χ4v) is 2.83. The highest BCUT2D eigenvalue weighted by Gasteiger charge is 2.11. The monoisotopic (exact) mass is 235 g/mol. The van der Waals surface area contributed by atoms with E-state index in [4.69, 9.17) is 6.42 Å². The summed E-state index contributed by atoms with van der Waals surface area (Å²) in [4.78, 5) is 2.92. The third kappa shape index (κ3) is 4.00. The number of thiophene rings is 1. The molecule has 0 spiro atoms. The molecule has 0 aromatic carbocycles. The second kappa shape index (κ2) is 7.49. The molecule has 88 valence electrons. The van der Waals surface area contributed by atoms with E-state index in [1.807, 2.05) is 11.3 Å². The molecule has 0 amide bonds. The Kier molecular flexibility index (Phi) is 6.22. The molecule has 1 heterocycles. The van der Waals surface area contributed by atoms with Crippen LogP contribution >= 0.6 is 11.3 Å². The summed E-state index contributed by atoms with van der Waals surface area (Å²) in [7, 11) is 0. The lowest BCUT2D eigenvalue weighted by atomic mass is 10.1. The van der Waals surface area contributed by atoms with Crippen LogP contribution in [0.4, 0.5) is 0 Å². The van der Waals surface area contributed by atoms with Crippen molar-refractivity contribution in [1.29, 1.82) is 0 Å². The molecule has 0 bridgehead atoms. The van der Waals surface area contributed by atoms with Crippen LogP contribution in [0.5, 0.6) is 0 Å². The molecule has 0 aliphatic heterocycles. The molecule has 1 atom stereocenters. The standard InChI is InChI=1S/C14H21NS/c1-4-7-8-9-13(15-6-3)14-11-10-12(5-2)16-14/h1,10-11,13,15H,5-9H2,2-3H3. The molecule has 0 aliphatic carbocycles. The van der Waals surface area contributed by atoms with Crippen LogP contribution in [0.1, 0.15) is 48.9 Å². The molecular weight excluding hydrogens is 214 g/mol. The summed E-state index contributed by atoms with van der Waals surface area (Å²) in [6.07, 6.45) is 9.55. The zero-order valence-electron chi connectivity index (χ0n) is 10.3. The third-order valence-electron chi connectivity index (χ3n) is 2.64. The van der Waals surface area contributed by atoms with Crippen molar-refractivity contribution in [2.24, 2.45) is 0 Å². The lowest BCUT2D eigenvalue weighted by Gasteiger charge is -2.15. The fraction of sp³-hybridized carbons (Fsp3) is 0.571. The van der Waals surface area contributed by atoms with E-state index in [1.165, 1.54) is 9.75 Å². The second-order valence-corrected chi connectivity index (χ2v) is 5.06. The molecule has 1 N–H and O–H groups in total. The average Bonchev–Trinajstić information content (AvgIpc) is 2.76. The van der Waals surface area contributed by atoms with E-state index in [1.54, 1.807) is 0 Å². The molecule has 2 heteroatoms. The van der Waals surface area contributed by atoms with Gasteiger partial charge in [0, 0.05) is 22.2 Å². The van der Waals surface area contributed by atoms with Crippen molar-refractivity contribution in [3.63, 3.8) is 0 Å². The van der Waals surface area contributed by atoms with Crippen LogP contribution in [0.25, 0.3) is 0 Å². The molecule has 1 aromatic rings. The van der Waals surface area contributed by atoms with Gasteiger partial charge in [-0.2, -0.15) is 0 Å². The van der Waals surface area contributed by atoms with Crippen LogP contribution in [0.15, 0.2) is 12.1 Å². The number of aryl methyl sites for hydroxylation is 1. The van der Waals surface area contributed by atoms with Gasteiger partial charge in [0.2, 0.25) is 0 Å². The minimum atomic E-state index is 0.489. The molecule has 1 rings (SSSR count). The number of hydrogen-bond donors (Lipinski definition) is 1. The topological polar surface area (TPSA) is 12.0 Å². The van der Waals surface area contributed by atoms with Crippen LogP contribution in [0, 0.1) is 12.3 Å². The van der Waals surface area contributed by atoms with Gasteiger partial charge in [-0.15, -0.1) is 23.7 Å². The number of nitrogens with one attached hydrogen (secondary N) is 1. The predicted molar refractivity (Wildman–Crippen MR) is 72.8 cm³/mol. The maximum atomic E-state index is 5.29. The van der Waals surface area contributed by atoms with Gasteiger partial charge in [0.25, 0.3) is 0 Å². The van der Waals surface area contributed by atoms with Gasteiger partial charge in [-0.3, -0.25) is 0 Å².